The van der Waals surface area contributed by atoms with Gasteiger partial charge in [0.25, 0.3) is 0 Å². The van der Waals surface area contributed by atoms with Gasteiger partial charge in [0.15, 0.2) is 5.78 Å². The zero-order valence-electron chi connectivity index (χ0n) is 7.50. The Kier molecular flexibility index (Phi) is 2.82. The van der Waals surface area contributed by atoms with Crippen LogP contribution in [0.1, 0.15) is 26.7 Å². The molecule has 0 aromatic heterocycles. The second-order valence-electron chi connectivity index (χ2n) is 3.19. The SMILES string of the molecule is CC(=O)C(O)C1=C(C)CCC=C1. The number of rotatable bonds is 2. The minimum atomic E-state index is -0.915. The summed E-state index contributed by atoms with van der Waals surface area (Å²) in [7, 11) is 0. The molecule has 1 N–H and O–H groups in total. The van der Waals surface area contributed by atoms with Crippen molar-refractivity contribution in [3.8, 4) is 0 Å². The van der Waals surface area contributed by atoms with E-state index in [-0.39, 0.29) is 5.78 Å². The molecule has 0 saturated heterocycles. The van der Waals surface area contributed by atoms with Crippen LogP contribution in [-0.4, -0.2) is 17.0 Å². The van der Waals surface area contributed by atoms with E-state index in [4.69, 9.17) is 0 Å². The lowest BCUT2D eigenvalue weighted by Gasteiger charge is -2.15. The molecule has 1 rings (SSSR count). The van der Waals surface area contributed by atoms with E-state index in [9.17, 15) is 9.90 Å². The van der Waals surface area contributed by atoms with Crippen molar-refractivity contribution in [3.63, 3.8) is 0 Å². The fourth-order valence-corrected chi connectivity index (χ4v) is 1.34. The molecule has 0 bridgehead atoms. The van der Waals surface area contributed by atoms with Crippen molar-refractivity contribution in [2.24, 2.45) is 0 Å². The van der Waals surface area contributed by atoms with Crippen LogP contribution in [0, 0.1) is 0 Å². The Morgan fingerprint density at radius 2 is 2.33 bits per heavy atom. The molecule has 2 nitrogen and oxygen atoms in total. The highest BCUT2D eigenvalue weighted by atomic mass is 16.3. The predicted octanol–water partition coefficient (Wildman–Crippen LogP) is 1.60. The van der Waals surface area contributed by atoms with Gasteiger partial charge in [0, 0.05) is 0 Å². The van der Waals surface area contributed by atoms with Crippen LogP contribution in [0.4, 0.5) is 0 Å². The summed E-state index contributed by atoms with van der Waals surface area (Å²) in [6.45, 7) is 3.37. The zero-order valence-corrected chi connectivity index (χ0v) is 7.50. The molecule has 0 spiro atoms. The Labute approximate surface area is 72.6 Å². The first kappa shape index (κ1) is 9.20. The molecule has 0 aliphatic heterocycles. The quantitative estimate of drug-likeness (QED) is 0.676. The molecule has 66 valence electrons. The molecule has 0 saturated carbocycles. The summed E-state index contributed by atoms with van der Waals surface area (Å²) in [4.78, 5) is 10.9. The van der Waals surface area contributed by atoms with Crippen molar-refractivity contribution in [1.82, 2.24) is 0 Å². The average Bonchev–Trinajstić information content (AvgIpc) is 2.04. The highest BCUT2D eigenvalue weighted by Gasteiger charge is 2.17. The van der Waals surface area contributed by atoms with Crippen LogP contribution in [-0.2, 0) is 4.79 Å². The van der Waals surface area contributed by atoms with Crippen LogP contribution in [0.5, 0.6) is 0 Å². The van der Waals surface area contributed by atoms with E-state index in [0.29, 0.717) is 0 Å². The number of ketones is 1. The third kappa shape index (κ3) is 1.83. The lowest BCUT2D eigenvalue weighted by Crippen LogP contribution is -2.20. The van der Waals surface area contributed by atoms with Gasteiger partial charge in [-0.25, -0.2) is 0 Å². The summed E-state index contributed by atoms with van der Waals surface area (Å²) < 4.78 is 0. The highest BCUT2D eigenvalue weighted by Crippen LogP contribution is 2.21. The Hall–Kier alpha value is -0.890. The second-order valence-corrected chi connectivity index (χ2v) is 3.19. The zero-order chi connectivity index (χ0) is 9.14. The third-order valence-electron chi connectivity index (χ3n) is 2.16. The first-order valence-corrected chi connectivity index (χ1v) is 4.17. The largest absolute Gasteiger partial charge is 0.381 e. The van der Waals surface area contributed by atoms with Crippen LogP contribution in [0.25, 0.3) is 0 Å². The summed E-state index contributed by atoms with van der Waals surface area (Å²) in [5.41, 5.74) is 1.91. The molecule has 1 aliphatic carbocycles. The molecule has 2 heteroatoms. The Balaban J connectivity index is 2.86. The van der Waals surface area contributed by atoms with Gasteiger partial charge >= 0.3 is 0 Å². The summed E-state index contributed by atoms with van der Waals surface area (Å²) in [5.74, 6) is -0.184. The van der Waals surface area contributed by atoms with Crippen LogP contribution >= 0.6 is 0 Å². The van der Waals surface area contributed by atoms with Crippen LogP contribution in [0.2, 0.25) is 0 Å². The molecular formula is C10H14O2. The first-order chi connectivity index (χ1) is 5.63. The maximum atomic E-state index is 10.9. The van der Waals surface area contributed by atoms with Gasteiger partial charge < -0.3 is 5.11 Å². The summed E-state index contributed by atoms with van der Waals surface area (Å²) in [6.07, 6.45) is 4.90. The minimum Gasteiger partial charge on any atom is -0.381 e. The van der Waals surface area contributed by atoms with Gasteiger partial charge in [0.2, 0.25) is 0 Å². The number of aliphatic hydroxyl groups is 1. The van der Waals surface area contributed by atoms with E-state index in [2.05, 4.69) is 0 Å². The first-order valence-electron chi connectivity index (χ1n) is 4.17. The van der Waals surface area contributed by atoms with Gasteiger partial charge in [-0.3, -0.25) is 4.79 Å². The van der Waals surface area contributed by atoms with E-state index in [0.717, 1.165) is 24.0 Å². The second kappa shape index (κ2) is 3.68. The van der Waals surface area contributed by atoms with Crippen molar-refractivity contribution >= 4 is 5.78 Å². The summed E-state index contributed by atoms with van der Waals surface area (Å²) in [5, 5.41) is 9.46. The Morgan fingerprint density at radius 1 is 1.67 bits per heavy atom. The van der Waals surface area contributed by atoms with Gasteiger partial charge in [-0.2, -0.15) is 0 Å². The van der Waals surface area contributed by atoms with Crippen molar-refractivity contribution in [2.45, 2.75) is 32.8 Å². The predicted molar refractivity (Wildman–Crippen MR) is 47.8 cm³/mol. The molecule has 0 aromatic carbocycles. The molecule has 0 fully saturated rings. The summed E-state index contributed by atoms with van der Waals surface area (Å²) in [6, 6.07) is 0. The minimum absolute atomic E-state index is 0.184. The number of carbonyl (C=O) groups excluding carboxylic acids is 1. The Morgan fingerprint density at radius 3 is 2.83 bits per heavy atom. The van der Waals surface area contributed by atoms with Crippen molar-refractivity contribution < 1.29 is 9.90 Å². The lowest BCUT2D eigenvalue weighted by molar-refractivity contribution is -0.123. The topological polar surface area (TPSA) is 37.3 Å². The van der Waals surface area contributed by atoms with E-state index in [1.807, 2.05) is 19.1 Å². The highest BCUT2D eigenvalue weighted by molar-refractivity contribution is 5.84. The van der Waals surface area contributed by atoms with E-state index in [1.165, 1.54) is 6.92 Å². The van der Waals surface area contributed by atoms with Crippen molar-refractivity contribution in [2.75, 3.05) is 0 Å². The number of carbonyl (C=O) groups is 1. The monoisotopic (exact) mass is 166 g/mol. The van der Waals surface area contributed by atoms with Gasteiger partial charge in [-0.1, -0.05) is 17.7 Å². The molecule has 0 amide bonds. The van der Waals surface area contributed by atoms with Crippen molar-refractivity contribution in [1.29, 1.82) is 0 Å². The molecular weight excluding hydrogens is 152 g/mol. The fraction of sp³-hybridized carbons (Fsp3) is 0.500. The van der Waals surface area contributed by atoms with Gasteiger partial charge in [-0.15, -0.1) is 0 Å². The lowest BCUT2D eigenvalue weighted by atomic mass is 9.93. The number of hydrogen-bond donors (Lipinski definition) is 1. The van der Waals surface area contributed by atoms with E-state index >= 15 is 0 Å². The standard InChI is InChI=1S/C10H14O2/c1-7-5-3-4-6-9(7)10(12)8(2)11/h4,6,10,12H,3,5H2,1-2H3. The smallest absolute Gasteiger partial charge is 0.162 e. The maximum absolute atomic E-state index is 10.9. The van der Waals surface area contributed by atoms with Gasteiger partial charge in [-0.05, 0) is 32.3 Å². The van der Waals surface area contributed by atoms with E-state index < -0.39 is 6.10 Å². The molecule has 12 heavy (non-hydrogen) atoms. The molecule has 0 heterocycles. The molecule has 0 radical (unpaired) electrons. The van der Waals surface area contributed by atoms with Crippen LogP contribution in [0.15, 0.2) is 23.3 Å². The molecule has 0 aromatic rings. The fourth-order valence-electron chi connectivity index (χ4n) is 1.34. The van der Waals surface area contributed by atoms with Crippen LogP contribution in [0.3, 0.4) is 0 Å². The number of aliphatic hydroxyl groups excluding tert-OH is 1. The van der Waals surface area contributed by atoms with Crippen molar-refractivity contribution in [3.05, 3.63) is 23.3 Å². The van der Waals surface area contributed by atoms with E-state index in [1.54, 1.807) is 0 Å². The molecule has 1 atom stereocenters. The maximum Gasteiger partial charge on any atom is 0.162 e. The summed E-state index contributed by atoms with van der Waals surface area (Å²) >= 11 is 0. The number of allylic oxidation sites excluding steroid dienone is 2. The Bertz CT molecular complexity index is 249. The van der Waals surface area contributed by atoms with Gasteiger partial charge in [0.05, 0.1) is 0 Å². The third-order valence-corrected chi connectivity index (χ3v) is 2.16. The molecule has 1 unspecified atom stereocenters. The van der Waals surface area contributed by atoms with Gasteiger partial charge in [0.1, 0.15) is 6.10 Å². The number of Topliss-reactive ketones (excluding diaryl/α,β-unsaturated/α-hetero) is 1. The van der Waals surface area contributed by atoms with Crippen LogP contribution < -0.4 is 0 Å². The number of hydrogen-bond acceptors (Lipinski definition) is 2. The average molecular weight is 166 g/mol. The molecule has 1 aliphatic rings. The normalized spacial score (nSPS) is 19.6.